The molecule has 0 spiro atoms. The zero-order chi connectivity index (χ0) is 16.6. The maximum atomic E-state index is 13.0. The van der Waals surface area contributed by atoms with Gasteiger partial charge in [0.25, 0.3) is 0 Å². The van der Waals surface area contributed by atoms with Crippen LogP contribution in [0.25, 0.3) is 0 Å². The monoisotopic (exact) mass is 335 g/mol. The van der Waals surface area contributed by atoms with Crippen LogP contribution in [0.2, 0.25) is 0 Å². The van der Waals surface area contributed by atoms with Gasteiger partial charge in [-0.2, -0.15) is 0 Å². The largest absolute Gasteiger partial charge is 0.329 e. The molecule has 1 aliphatic heterocycles. The van der Waals surface area contributed by atoms with Gasteiger partial charge < -0.3 is 0 Å². The molecule has 0 atom stereocenters. The van der Waals surface area contributed by atoms with Gasteiger partial charge in [0.2, 0.25) is 10.0 Å². The number of primary sulfonamides is 1. The van der Waals surface area contributed by atoms with Crippen molar-refractivity contribution < 1.29 is 17.6 Å². The molecule has 2 aromatic carbocycles. The van der Waals surface area contributed by atoms with Gasteiger partial charge in [-0.05, 0) is 48.5 Å². The lowest BCUT2D eigenvalue weighted by Crippen LogP contribution is -2.31. The highest BCUT2D eigenvalue weighted by Gasteiger charge is 2.30. The van der Waals surface area contributed by atoms with Crippen LogP contribution >= 0.6 is 0 Å². The number of halogens is 1. The third-order valence-electron chi connectivity index (χ3n) is 3.62. The number of hydrogen-bond acceptors (Lipinski definition) is 3. The van der Waals surface area contributed by atoms with E-state index in [1.165, 1.54) is 46.2 Å². The molecular formula is C15H14FN3O3S. The van der Waals surface area contributed by atoms with Crippen LogP contribution in [0.1, 0.15) is 0 Å². The Morgan fingerprint density at radius 1 is 0.870 bits per heavy atom. The van der Waals surface area contributed by atoms with Crippen molar-refractivity contribution in [2.75, 3.05) is 22.9 Å². The van der Waals surface area contributed by atoms with Crippen molar-refractivity contribution in [3.05, 3.63) is 54.3 Å². The number of nitrogens with zero attached hydrogens (tertiary/aromatic N) is 2. The molecule has 2 amide bonds. The van der Waals surface area contributed by atoms with Crippen molar-refractivity contribution >= 4 is 27.4 Å². The lowest BCUT2D eigenvalue weighted by Gasteiger charge is -2.19. The van der Waals surface area contributed by atoms with E-state index in [0.717, 1.165) is 0 Å². The fourth-order valence-corrected chi connectivity index (χ4v) is 2.97. The van der Waals surface area contributed by atoms with Crippen LogP contribution in [0, 0.1) is 5.82 Å². The topological polar surface area (TPSA) is 83.7 Å². The summed E-state index contributed by atoms with van der Waals surface area (Å²) in [6.45, 7) is 0.909. The number of hydrogen-bond donors (Lipinski definition) is 1. The SMILES string of the molecule is NS(=O)(=O)c1ccc(N2CCN(c3ccc(F)cc3)C2=O)cc1. The number of benzene rings is 2. The molecule has 1 heterocycles. The first kappa shape index (κ1) is 15.4. The van der Waals surface area contributed by atoms with Crippen molar-refractivity contribution in [3.8, 4) is 0 Å². The van der Waals surface area contributed by atoms with Gasteiger partial charge in [-0.25, -0.2) is 22.7 Å². The van der Waals surface area contributed by atoms with Crippen LogP contribution in [0.3, 0.4) is 0 Å². The molecule has 6 nitrogen and oxygen atoms in total. The molecule has 1 aliphatic rings. The average Bonchev–Trinajstić information content (AvgIpc) is 2.89. The number of carbonyl (C=O) groups excluding carboxylic acids is 1. The molecule has 2 N–H and O–H groups in total. The van der Waals surface area contributed by atoms with Crippen molar-refractivity contribution in [1.82, 2.24) is 0 Å². The molecule has 8 heteroatoms. The molecule has 0 aromatic heterocycles. The van der Waals surface area contributed by atoms with Crippen LogP contribution < -0.4 is 14.9 Å². The van der Waals surface area contributed by atoms with Crippen molar-refractivity contribution in [1.29, 1.82) is 0 Å². The van der Waals surface area contributed by atoms with Gasteiger partial charge in [-0.1, -0.05) is 0 Å². The van der Waals surface area contributed by atoms with Crippen molar-refractivity contribution in [2.24, 2.45) is 5.14 Å². The highest BCUT2D eigenvalue weighted by atomic mass is 32.2. The van der Waals surface area contributed by atoms with E-state index in [9.17, 15) is 17.6 Å². The first-order valence-corrected chi connectivity index (χ1v) is 8.38. The standard InChI is InChI=1S/C15H14FN3O3S/c16-11-1-3-12(4-2-11)18-9-10-19(15(18)20)13-5-7-14(8-6-13)23(17,21)22/h1-8H,9-10H2,(H2,17,21,22). The third-order valence-corrected chi connectivity index (χ3v) is 4.55. The fraction of sp³-hybridized carbons (Fsp3) is 0.133. The summed E-state index contributed by atoms with van der Waals surface area (Å²) in [6.07, 6.45) is 0. The van der Waals surface area contributed by atoms with Crippen LogP contribution in [0.4, 0.5) is 20.6 Å². The molecule has 1 fully saturated rings. The van der Waals surface area contributed by atoms with Gasteiger partial charge in [0.1, 0.15) is 5.82 Å². The maximum absolute atomic E-state index is 13.0. The van der Waals surface area contributed by atoms with E-state index in [-0.39, 0.29) is 16.7 Å². The van der Waals surface area contributed by atoms with Crippen LogP contribution in [0.15, 0.2) is 53.4 Å². The van der Waals surface area contributed by atoms with Gasteiger partial charge >= 0.3 is 6.03 Å². The summed E-state index contributed by atoms with van der Waals surface area (Å²) in [5.74, 6) is -0.365. The zero-order valence-corrected chi connectivity index (χ0v) is 12.8. The van der Waals surface area contributed by atoms with E-state index >= 15 is 0 Å². The smallest absolute Gasteiger partial charge is 0.292 e. The maximum Gasteiger partial charge on any atom is 0.329 e. The Morgan fingerprint density at radius 3 is 1.74 bits per heavy atom. The second kappa shape index (κ2) is 5.64. The fourth-order valence-electron chi connectivity index (χ4n) is 2.45. The Kier molecular flexibility index (Phi) is 3.78. The molecular weight excluding hydrogens is 321 g/mol. The summed E-state index contributed by atoms with van der Waals surface area (Å²) in [7, 11) is -3.76. The normalized spacial score (nSPS) is 15.3. The van der Waals surface area contributed by atoms with E-state index < -0.39 is 10.0 Å². The van der Waals surface area contributed by atoms with Gasteiger partial charge in [0.05, 0.1) is 4.90 Å². The molecule has 3 rings (SSSR count). The second-order valence-electron chi connectivity index (χ2n) is 5.10. The lowest BCUT2D eigenvalue weighted by atomic mass is 10.3. The summed E-state index contributed by atoms with van der Waals surface area (Å²) < 4.78 is 35.5. The third kappa shape index (κ3) is 3.03. The van der Waals surface area contributed by atoms with Gasteiger partial charge in [-0.15, -0.1) is 0 Å². The van der Waals surface area contributed by atoms with Crippen LogP contribution in [-0.2, 0) is 10.0 Å². The first-order valence-electron chi connectivity index (χ1n) is 6.84. The highest BCUT2D eigenvalue weighted by molar-refractivity contribution is 7.89. The Morgan fingerprint density at radius 2 is 1.30 bits per heavy atom. The quantitative estimate of drug-likeness (QED) is 0.930. The van der Waals surface area contributed by atoms with E-state index in [2.05, 4.69) is 0 Å². The lowest BCUT2D eigenvalue weighted by molar-refractivity contribution is 0.256. The van der Waals surface area contributed by atoms with Gasteiger partial charge in [0, 0.05) is 24.5 Å². The molecule has 2 aromatic rings. The van der Waals surface area contributed by atoms with E-state index in [4.69, 9.17) is 5.14 Å². The minimum atomic E-state index is -3.76. The molecule has 0 radical (unpaired) electrons. The number of rotatable bonds is 3. The first-order chi connectivity index (χ1) is 10.9. The number of anilines is 2. The Hall–Kier alpha value is -2.45. The summed E-state index contributed by atoms with van der Waals surface area (Å²) >= 11 is 0. The minimum Gasteiger partial charge on any atom is -0.292 e. The molecule has 0 bridgehead atoms. The summed E-state index contributed by atoms with van der Waals surface area (Å²) in [4.78, 5) is 15.5. The number of amides is 2. The number of sulfonamides is 1. The predicted octanol–water partition coefficient (Wildman–Crippen LogP) is 1.92. The Labute approximate surface area is 133 Å². The molecule has 23 heavy (non-hydrogen) atoms. The number of nitrogens with two attached hydrogens (primary N) is 1. The second-order valence-corrected chi connectivity index (χ2v) is 6.66. The summed E-state index contributed by atoms with van der Waals surface area (Å²) in [6, 6.07) is 11.2. The van der Waals surface area contributed by atoms with Crippen LogP contribution in [0.5, 0.6) is 0 Å². The number of urea groups is 1. The van der Waals surface area contributed by atoms with E-state index in [1.807, 2.05) is 0 Å². The van der Waals surface area contributed by atoms with E-state index in [0.29, 0.717) is 24.5 Å². The average molecular weight is 335 g/mol. The Balaban J connectivity index is 1.83. The molecule has 0 saturated carbocycles. The number of carbonyl (C=O) groups is 1. The van der Waals surface area contributed by atoms with Gasteiger partial charge in [0.15, 0.2) is 0 Å². The van der Waals surface area contributed by atoms with Crippen LogP contribution in [-0.4, -0.2) is 27.5 Å². The summed E-state index contributed by atoms with van der Waals surface area (Å²) in [5, 5.41) is 5.05. The zero-order valence-electron chi connectivity index (χ0n) is 12.0. The van der Waals surface area contributed by atoms with Crippen molar-refractivity contribution in [3.63, 3.8) is 0 Å². The highest BCUT2D eigenvalue weighted by Crippen LogP contribution is 2.26. The molecule has 1 saturated heterocycles. The predicted molar refractivity (Wildman–Crippen MR) is 84.3 cm³/mol. The minimum absolute atomic E-state index is 0.0108. The molecule has 0 unspecified atom stereocenters. The van der Waals surface area contributed by atoms with Crippen molar-refractivity contribution in [2.45, 2.75) is 4.90 Å². The molecule has 120 valence electrons. The summed E-state index contributed by atoms with van der Waals surface area (Å²) in [5.41, 5.74) is 1.19. The Bertz CT molecular complexity index is 835. The van der Waals surface area contributed by atoms with Gasteiger partial charge in [-0.3, -0.25) is 9.80 Å². The van der Waals surface area contributed by atoms with E-state index in [1.54, 1.807) is 12.1 Å². The molecule has 0 aliphatic carbocycles.